The van der Waals surface area contributed by atoms with Gasteiger partial charge in [-0.1, -0.05) is 12.2 Å². The summed E-state index contributed by atoms with van der Waals surface area (Å²) in [6, 6.07) is 0. The second kappa shape index (κ2) is 3.10. The number of allylic oxidation sites excluding steroid dienone is 1. The monoisotopic (exact) mass is 180 g/mol. The lowest BCUT2D eigenvalue weighted by molar-refractivity contribution is -0.149. The lowest BCUT2D eigenvalue weighted by Gasteiger charge is -2.22. The van der Waals surface area contributed by atoms with Gasteiger partial charge in [-0.2, -0.15) is 0 Å². The maximum absolute atomic E-state index is 5.93. The van der Waals surface area contributed by atoms with Crippen LogP contribution in [0, 0.1) is 11.8 Å². The summed E-state index contributed by atoms with van der Waals surface area (Å²) in [6.07, 6.45) is 10.0. The molecule has 0 aromatic rings. The van der Waals surface area contributed by atoms with Gasteiger partial charge in [0.25, 0.3) is 0 Å². The topological polar surface area (TPSA) is 18.5 Å². The summed E-state index contributed by atoms with van der Waals surface area (Å²) in [5.74, 6) is 1.49. The van der Waals surface area contributed by atoms with E-state index in [9.17, 15) is 0 Å². The van der Waals surface area contributed by atoms with E-state index < -0.39 is 0 Å². The summed E-state index contributed by atoms with van der Waals surface area (Å²) < 4.78 is 11.4. The number of ether oxygens (including phenoxy) is 2. The summed E-state index contributed by atoms with van der Waals surface area (Å²) in [4.78, 5) is 0. The molecule has 0 aromatic heterocycles. The maximum Gasteiger partial charge on any atom is 0.158 e. The van der Waals surface area contributed by atoms with Crippen molar-refractivity contribution in [3.8, 4) is 0 Å². The lowest BCUT2D eigenvalue weighted by atomic mass is 10.0. The van der Waals surface area contributed by atoms with Crippen molar-refractivity contribution in [2.45, 2.75) is 38.1 Å². The molecule has 2 bridgehead atoms. The third-order valence-electron chi connectivity index (χ3n) is 3.43. The Morgan fingerprint density at radius 1 is 1.23 bits per heavy atom. The van der Waals surface area contributed by atoms with Gasteiger partial charge in [-0.25, -0.2) is 0 Å². The highest BCUT2D eigenvalue weighted by Gasteiger charge is 2.38. The van der Waals surface area contributed by atoms with E-state index in [1.165, 1.54) is 19.3 Å². The van der Waals surface area contributed by atoms with Gasteiger partial charge in [-0.15, -0.1) is 0 Å². The van der Waals surface area contributed by atoms with Crippen LogP contribution in [-0.4, -0.2) is 19.0 Å². The molecule has 1 saturated heterocycles. The molecule has 4 unspecified atom stereocenters. The number of hydrogen-bond acceptors (Lipinski definition) is 2. The maximum atomic E-state index is 5.93. The second-order valence-corrected chi connectivity index (χ2v) is 4.40. The van der Waals surface area contributed by atoms with Crippen LogP contribution in [-0.2, 0) is 9.47 Å². The molecule has 72 valence electrons. The largest absolute Gasteiger partial charge is 0.353 e. The van der Waals surface area contributed by atoms with Crippen LogP contribution in [0.1, 0.15) is 25.7 Å². The van der Waals surface area contributed by atoms with E-state index in [0.717, 1.165) is 18.9 Å². The van der Waals surface area contributed by atoms with Gasteiger partial charge in [0.15, 0.2) is 6.29 Å². The molecule has 3 aliphatic rings. The summed E-state index contributed by atoms with van der Waals surface area (Å²) in [6.45, 7) is 0.890. The smallest absolute Gasteiger partial charge is 0.158 e. The predicted molar refractivity (Wildman–Crippen MR) is 49.2 cm³/mol. The Bertz CT molecular complexity index is 218. The molecule has 13 heavy (non-hydrogen) atoms. The van der Waals surface area contributed by atoms with Crippen molar-refractivity contribution in [2.24, 2.45) is 11.8 Å². The highest BCUT2D eigenvalue weighted by Crippen LogP contribution is 2.41. The highest BCUT2D eigenvalue weighted by atomic mass is 16.7. The third-order valence-corrected chi connectivity index (χ3v) is 3.43. The van der Waals surface area contributed by atoms with Crippen molar-refractivity contribution < 1.29 is 9.47 Å². The van der Waals surface area contributed by atoms with E-state index in [0.29, 0.717) is 12.0 Å². The van der Waals surface area contributed by atoms with Crippen molar-refractivity contribution in [1.82, 2.24) is 0 Å². The molecule has 2 aliphatic carbocycles. The molecule has 0 aromatic carbocycles. The zero-order valence-electron chi connectivity index (χ0n) is 7.82. The minimum absolute atomic E-state index is 0.109. The Hall–Kier alpha value is -0.340. The molecule has 1 saturated carbocycles. The first-order valence-electron chi connectivity index (χ1n) is 5.37. The van der Waals surface area contributed by atoms with Crippen LogP contribution in [0.2, 0.25) is 0 Å². The molecule has 0 N–H and O–H groups in total. The Morgan fingerprint density at radius 2 is 2.23 bits per heavy atom. The quantitative estimate of drug-likeness (QED) is 0.606. The van der Waals surface area contributed by atoms with E-state index in [1.54, 1.807) is 0 Å². The van der Waals surface area contributed by atoms with Gasteiger partial charge in [0, 0.05) is 18.9 Å². The van der Waals surface area contributed by atoms with E-state index in [2.05, 4.69) is 12.2 Å². The van der Waals surface area contributed by atoms with Crippen LogP contribution in [0.3, 0.4) is 0 Å². The van der Waals surface area contributed by atoms with Crippen molar-refractivity contribution in [3.63, 3.8) is 0 Å². The van der Waals surface area contributed by atoms with Gasteiger partial charge >= 0.3 is 0 Å². The summed E-state index contributed by atoms with van der Waals surface area (Å²) in [5.41, 5.74) is 0. The predicted octanol–water partition coefficient (Wildman–Crippen LogP) is 2.10. The molecule has 0 radical (unpaired) electrons. The van der Waals surface area contributed by atoms with Crippen LogP contribution in [0.15, 0.2) is 12.2 Å². The standard InChI is InChI=1S/C11H16O2/c1-2-11(12-5-1)13-10-7-8-3-4-9(10)6-8/h3-4,8-11H,1-2,5-7H2. The molecule has 1 aliphatic heterocycles. The van der Waals surface area contributed by atoms with E-state index in [1.807, 2.05) is 0 Å². The SMILES string of the molecule is C1=CC2CC1CC2OC1CCCO1. The molecule has 0 spiro atoms. The fourth-order valence-corrected chi connectivity index (χ4v) is 2.74. The van der Waals surface area contributed by atoms with E-state index >= 15 is 0 Å². The minimum Gasteiger partial charge on any atom is -0.353 e. The van der Waals surface area contributed by atoms with E-state index in [4.69, 9.17) is 9.47 Å². The van der Waals surface area contributed by atoms with Gasteiger partial charge < -0.3 is 9.47 Å². The van der Waals surface area contributed by atoms with E-state index in [-0.39, 0.29) is 6.29 Å². The Balaban J connectivity index is 1.58. The van der Waals surface area contributed by atoms with Crippen molar-refractivity contribution in [1.29, 1.82) is 0 Å². The molecule has 4 atom stereocenters. The first kappa shape index (κ1) is 8.01. The molecular formula is C11H16O2. The van der Waals surface area contributed by atoms with Gasteiger partial charge in [0.1, 0.15) is 0 Å². The number of fused-ring (bicyclic) bond motifs is 2. The molecule has 1 heterocycles. The van der Waals surface area contributed by atoms with Gasteiger partial charge in [-0.3, -0.25) is 0 Å². The van der Waals surface area contributed by atoms with Crippen LogP contribution < -0.4 is 0 Å². The first-order valence-corrected chi connectivity index (χ1v) is 5.37. The molecule has 2 nitrogen and oxygen atoms in total. The summed E-state index contributed by atoms with van der Waals surface area (Å²) >= 11 is 0. The Morgan fingerprint density at radius 3 is 2.85 bits per heavy atom. The van der Waals surface area contributed by atoms with Crippen molar-refractivity contribution in [3.05, 3.63) is 12.2 Å². The number of hydrogen-bond donors (Lipinski definition) is 0. The zero-order chi connectivity index (χ0) is 8.67. The average molecular weight is 180 g/mol. The number of rotatable bonds is 2. The molecular weight excluding hydrogens is 164 g/mol. The molecule has 2 fully saturated rings. The fraction of sp³-hybridized carbons (Fsp3) is 0.818. The molecule has 0 amide bonds. The van der Waals surface area contributed by atoms with Crippen molar-refractivity contribution in [2.75, 3.05) is 6.61 Å². The van der Waals surface area contributed by atoms with Crippen LogP contribution in [0.25, 0.3) is 0 Å². The van der Waals surface area contributed by atoms with Crippen LogP contribution >= 0.6 is 0 Å². The Kier molecular flexibility index (Phi) is 1.91. The first-order chi connectivity index (χ1) is 6.42. The fourth-order valence-electron chi connectivity index (χ4n) is 2.74. The van der Waals surface area contributed by atoms with Gasteiger partial charge in [0.2, 0.25) is 0 Å². The average Bonchev–Trinajstić information content (AvgIpc) is 2.77. The van der Waals surface area contributed by atoms with Crippen LogP contribution in [0.5, 0.6) is 0 Å². The molecule has 3 rings (SSSR count). The third kappa shape index (κ3) is 1.42. The highest BCUT2D eigenvalue weighted by molar-refractivity contribution is 5.11. The minimum atomic E-state index is 0.109. The second-order valence-electron chi connectivity index (χ2n) is 4.40. The van der Waals surface area contributed by atoms with Gasteiger partial charge in [-0.05, 0) is 25.2 Å². The summed E-state index contributed by atoms with van der Waals surface area (Å²) in [7, 11) is 0. The molecule has 2 heteroatoms. The summed E-state index contributed by atoms with van der Waals surface area (Å²) in [5, 5.41) is 0. The van der Waals surface area contributed by atoms with Crippen molar-refractivity contribution >= 4 is 0 Å². The zero-order valence-corrected chi connectivity index (χ0v) is 7.82. The normalized spacial score (nSPS) is 47.7. The lowest BCUT2D eigenvalue weighted by Crippen LogP contribution is -2.24. The van der Waals surface area contributed by atoms with Crippen LogP contribution in [0.4, 0.5) is 0 Å². The Labute approximate surface area is 78.9 Å². The van der Waals surface area contributed by atoms with Gasteiger partial charge in [0.05, 0.1) is 6.10 Å².